The van der Waals surface area contributed by atoms with Crippen LogP contribution in [0.25, 0.3) is 0 Å². The van der Waals surface area contributed by atoms with Gasteiger partial charge in [-0.2, -0.15) is 4.37 Å². The Hall–Kier alpha value is -1.34. The van der Waals surface area contributed by atoms with E-state index in [1.54, 1.807) is 0 Å². The molecule has 1 aliphatic rings. The predicted molar refractivity (Wildman–Crippen MR) is 85.9 cm³/mol. The van der Waals surface area contributed by atoms with E-state index < -0.39 is 0 Å². The number of nitrogen functional groups attached to an aromatic ring is 1. The summed E-state index contributed by atoms with van der Waals surface area (Å²) in [5, 5.41) is 3.71. The Kier molecular flexibility index (Phi) is 5.41. The number of aromatic nitrogens is 1. The van der Waals surface area contributed by atoms with Crippen molar-refractivity contribution in [2.45, 2.75) is 32.7 Å². The average molecular weight is 312 g/mol. The zero-order valence-electron chi connectivity index (χ0n) is 12.9. The SMILES string of the molecule is CC(C)NC(=O)c1c(N)nsc1N(C)CC1CCCOC1. The second-order valence-corrected chi connectivity index (χ2v) is 6.59. The van der Waals surface area contributed by atoms with Crippen molar-refractivity contribution >= 4 is 28.3 Å². The maximum absolute atomic E-state index is 12.3. The van der Waals surface area contributed by atoms with Crippen LogP contribution in [0.1, 0.15) is 37.0 Å². The summed E-state index contributed by atoms with van der Waals surface area (Å²) in [6, 6.07) is 0.0710. The van der Waals surface area contributed by atoms with Crippen LogP contribution in [-0.2, 0) is 4.74 Å². The Labute approximate surface area is 129 Å². The highest BCUT2D eigenvalue weighted by molar-refractivity contribution is 7.11. The van der Waals surface area contributed by atoms with Crippen LogP contribution < -0.4 is 16.0 Å². The third kappa shape index (κ3) is 4.07. The predicted octanol–water partition coefficient (Wildman–Crippen LogP) is 1.73. The lowest BCUT2D eigenvalue weighted by Gasteiger charge is -2.27. The first-order valence-electron chi connectivity index (χ1n) is 7.34. The van der Waals surface area contributed by atoms with Crippen LogP contribution in [0.3, 0.4) is 0 Å². The second kappa shape index (κ2) is 7.09. The lowest BCUT2D eigenvalue weighted by molar-refractivity contribution is 0.0577. The van der Waals surface area contributed by atoms with Crippen LogP contribution in [0.4, 0.5) is 10.8 Å². The Morgan fingerprint density at radius 1 is 1.62 bits per heavy atom. The van der Waals surface area contributed by atoms with E-state index in [4.69, 9.17) is 10.5 Å². The molecular formula is C14H24N4O2S. The first-order chi connectivity index (χ1) is 9.99. The zero-order valence-corrected chi connectivity index (χ0v) is 13.7. The third-order valence-electron chi connectivity index (χ3n) is 3.48. The van der Waals surface area contributed by atoms with E-state index in [0.29, 0.717) is 17.3 Å². The molecule has 1 aromatic rings. The molecule has 0 aromatic carbocycles. The molecule has 21 heavy (non-hydrogen) atoms. The number of carbonyl (C=O) groups is 1. The van der Waals surface area contributed by atoms with E-state index in [1.165, 1.54) is 11.5 Å². The van der Waals surface area contributed by atoms with Gasteiger partial charge in [-0.05, 0) is 44.1 Å². The molecule has 3 N–H and O–H groups in total. The number of hydrogen-bond acceptors (Lipinski definition) is 6. The molecule has 1 saturated heterocycles. The molecular weight excluding hydrogens is 288 g/mol. The van der Waals surface area contributed by atoms with Crippen molar-refractivity contribution in [1.82, 2.24) is 9.69 Å². The van der Waals surface area contributed by atoms with Crippen LogP contribution in [-0.4, -0.2) is 43.1 Å². The van der Waals surface area contributed by atoms with Gasteiger partial charge < -0.3 is 20.7 Å². The molecule has 1 unspecified atom stereocenters. The Morgan fingerprint density at radius 3 is 3.00 bits per heavy atom. The summed E-state index contributed by atoms with van der Waals surface area (Å²) in [5.41, 5.74) is 6.37. The van der Waals surface area contributed by atoms with E-state index in [2.05, 4.69) is 14.6 Å². The summed E-state index contributed by atoms with van der Waals surface area (Å²) in [6.45, 7) is 6.35. The van der Waals surface area contributed by atoms with Gasteiger partial charge in [0.2, 0.25) is 0 Å². The molecule has 1 atom stereocenters. The molecule has 0 spiro atoms. The van der Waals surface area contributed by atoms with Crippen molar-refractivity contribution in [3.63, 3.8) is 0 Å². The minimum absolute atomic E-state index is 0.0710. The minimum atomic E-state index is -0.155. The fourth-order valence-electron chi connectivity index (χ4n) is 2.52. The van der Waals surface area contributed by atoms with Gasteiger partial charge in [0.1, 0.15) is 10.6 Å². The Morgan fingerprint density at radius 2 is 2.38 bits per heavy atom. The lowest BCUT2D eigenvalue weighted by Crippen LogP contribution is -2.34. The summed E-state index contributed by atoms with van der Waals surface area (Å²) >= 11 is 1.28. The minimum Gasteiger partial charge on any atom is -0.382 e. The van der Waals surface area contributed by atoms with Gasteiger partial charge in [0.05, 0.1) is 6.61 Å². The monoisotopic (exact) mass is 312 g/mol. The highest BCUT2D eigenvalue weighted by Gasteiger charge is 2.24. The van der Waals surface area contributed by atoms with Gasteiger partial charge in [-0.1, -0.05) is 0 Å². The van der Waals surface area contributed by atoms with Gasteiger partial charge in [-0.3, -0.25) is 4.79 Å². The third-order valence-corrected chi connectivity index (χ3v) is 4.46. The van der Waals surface area contributed by atoms with Gasteiger partial charge in [0.25, 0.3) is 5.91 Å². The molecule has 7 heteroatoms. The number of nitrogens with one attached hydrogen (secondary N) is 1. The van der Waals surface area contributed by atoms with Crippen molar-refractivity contribution < 1.29 is 9.53 Å². The second-order valence-electron chi connectivity index (χ2n) is 5.84. The van der Waals surface area contributed by atoms with Gasteiger partial charge in [-0.25, -0.2) is 0 Å². The molecule has 118 valence electrons. The summed E-state index contributed by atoms with van der Waals surface area (Å²) in [4.78, 5) is 14.4. The summed E-state index contributed by atoms with van der Waals surface area (Å²) in [6.07, 6.45) is 2.26. The van der Waals surface area contributed by atoms with E-state index in [-0.39, 0.29) is 11.9 Å². The number of rotatable bonds is 5. The molecule has 2 heterocycles. The quantitative estimate of drug-likeness (QED) is 0.865. The van der Waals surface area contributed by atoms with Crippen LogP contribution >= 0.6 is 11.5 Å². The average Bonchev–Trinajstić information content (AvgIpc) is 2.81. The smallest absolute Gasteiger partial charge is 0.258 e. The highest BCUT2D eigenvalue weighted by atomic mass is 32.1. The number of anilines is 2. The largest absolute Gasteiger partial charge is 0.382 e. The van der Waals surface area contributed by atoms with Crippen LogP contribution in [0, 0.1) is 5.92 Å². The summed E-state index contributed by atoms with van der Waals surface area (Å²) in [7, 11) is 1.98. The first kappa shape index (κ1) is 16.0. The normalized spacial score (nSPS) is 18.8. The van der Waals surface area contributed by atoms with Crippen molar-refractivity contribution in [1.29, 1.82) is 0 Å². The first-order valence-corrected chi connectivity index (χ1v) is 8.11. The molecule has 1 aliphatic heterocycles. The highest BCUT2D eigenvalue weighted by Crippen LogP contribution is 2.31. The molecule has 1 amide bonds. The number of amides is 1. The van der Waals surface area contributed by atoms with Gasteiger partial charge >= 0.3 is 0 Å². The van der Waals surface area contributed by atoms with E-state index in [1.807, 2.05) is 20.9 Å². The topological polar surface area (TPSA) is 80.5 Å². The Bertz CT molecular complexity index is 483. The van der Waals surface area contributed by atoms with Crippen molar-refractivity contribution in [3.8, 4) is 0 Å². The van der Waals surface area contributed by atoms with Crippen LogP contribution in [0.5, 0.6) is 0 Å². The molecule has 0 radical (unpaired) electrons. The van der Waals surface area contributed by atoms with E-state index in [0.717, 1.165) is 37.6 Å². The summed E-state index contributed by atoms with van der Waals surface area (Å²) in [5.74, 6) is 0.644. The number of ether oxygens (including phenoxy) is 1. The zero-order chi connectivity index (χ0) is 15.4. The summed E-state index contributed by atoms with van der Waals surface area (Å²) < 4.78 is 9.66. The molecule has 0 saturated carbocycles. The van der Waals surface area contributed by atoms with Crippen LogP contribution in [0.2, 0.25) is 0 Å². The van der Waals surface area contributed by atoms with Crippen molar-refractivity contribution in [2.24, 2.45) is 5.92 Å². The van der Waals surface area contributed by atoms with Crippen molar-refractivity contribution in [2.75, 3.05) is 37.4 Å². The number of carbonyl (C=O) groups excluding carboxylic acids is 1. The Balaban J connectivity index is 2.09. The maximum atomic E-state index is 12.3. The number of hydrogen-bond donors (Lipinski definition) is 2. The van der Waals surface area contributed by atoms with Gasteiger partial charge in [0.15, 0.2) is 5.82 Å². The van der Waals surface area contributed by atoms with Crippen molar-refractivity contribution in [3.05, 3.63) is 5.56 Å². The fourth-order valence-corrected chi connectivity index (χ4v) is 3.30. The maximum Gasteiger partial charge on any atom is 0.258 e. The lowest BCUT2D eigenvalue weighted by atomic mass is 10.0. The fraction of sp³-hybridized carbons (Fsp3) is 0.714. The van der Waals surface area contributed by atoms with Gasteiger partial charge in [0, 0.05) is 26.2 Å². The molecule has 1 fully saturated rings. The molecule has 1 aromatic heterocycles. The number of nitrogens with two attached hydrogens (primary N) is 1. The van der Waals surface area contributed by atoms with E-state index in [9.17, 15) is 4.79 Å². The number of nitrogens with zero attached hydrogens (tertiary/aromatic N) is 2. The van der Waals surface area contributed by atoms with E-state index >= 15 is 0 Å². The molecule has 0 bridgehead atoms. The standard InChI is InChI=1S/C14H24N4O2S/c1-9(2)16-13(19)11-12(15)17-21-14(11)18(3)7-10-5-4-6-20-8-10/h9-10H,4-8H2,1-3H3,(H2,15,17)(H,16,19). The molecule has 0 aliphatic carbocycles. The van der Waals surface area contributed by atoms with Crippen LogP contribution in [0.15, 0.2) is 0 Å². The van der Waals surface area contributed by atoms with Gasteiger partial charge in [-0.15, -0.1) is 0 Å². The molecule has 2 rings (SSSR count). The molecule has 6 nitrogen and oxygen atoms in total.